The highest BCUT2D eigenvalue weighted by Crippen LogP contribution is 2.43. The molecule has 0 saturated heterocycles. The topological polar surface area (TPSA) is 24.9 Å². The van der Waals surface area contributed by atoms with E-state index in [1.807, 2.05) is 5.51 Å². The Morgan fingerprint density at radius 1 is 1.00 bits per heavy atom. The number of nitrogens with one attached hydrogen (secondary N) is 1. The van der Waals surface area contributed by atoms with Crippen LogP contribution in [0.4, 0.5) is 0 Å². The predicted molar refractivity (Wildman–Crippen MR) is 87.4 cm³/mol. The molecule has 0 saturated carbocycles. The lowest BCUT2D eigenvalue weighted by molar-refractivity contribution is 0.618. The molecule has 3 heteroatoms. The summed E-state index contributed by atoms with van der Waals surface area (Å²) in [7, 11) is 0. The fourth-order valence-corrected chi connectivity index (χ4v) is 3.79. The molecular formula is C18H16N2S. The predicted octanol–water partition coefficient (Wildman–Crippen LogP) is 4.31. The van der Waals surface area contributed by atoms with E-state index in [0.717, 1.165) is 12.2 Å². The van der Waals surface area contributed by atoms with Gasteiger partial charge in [0.15, 0.2) is 0 Å². The number of aromatic nitrogens is 1. The quantitative estimate of drug-likeness (QED) is 0.778. The number of aryl methyl sites for hydroxylation is 1. The molecule has 0 spiro atoms. The standard InChI is InChI=1S/C18H16N2S/c1-12-17(21-11-20-12)10-19-18-15-8-4-2-6-13(15)14-7-3-5-9-16(14)18/h2-9,11,18-19H,10H2,1H3. The van der Waals surface area contributed by atoms with E-state index < -0.39 is 0 Å². The molecule has 0 atom stereocenters. The third-order valence-electron chi connectivity index (χ3n) is 4.15. The van der Waals surface area contributed by atoms with Gasteiger partial charge in [0.05, 0.1) is 17.2 Å². The van der Waals surface area contributed by atoms with Crippen molar-refractivity contribution in [3.05, 3.63) is 75.7 Å². The molecular weight excluding hydrogens is 276 g/mol. The normalized spacial score (nSPS) is 13.2. The van der Waals surface area contributed by atoms with Crippen LogP contribution in [0.2, 0.25) is 0 Å². The molecule has 0 bridgehead atoms. The minimum Gasteiger partial charge on any atom is -0.301 e. The first-order chi connectivity index (χ1) is 10.3. The second-order valence-electron chi connectivity index (χ2n) is 5.35. The molecule has 21 heavy (non-hydrogen) atoms. The highest BCUT2D eigenvalue weighted by molar-refractivity contribution is 7.09. The molecule has 2 nitrogen and oxygen atoms in total. The zero-order chi connectivity index (χ0) is 14.2. The summed E-state index contributed by atoms with van der Waals surface area (Å²) < 4.78 is 0. The number of hydrogen-bond acceptors (Lipinski definition) is 3. The van der Waals surface area contributed by atoms with Crippen molar-refractivity contribution in [2.24, 2.45) is 0 Å². The van der Waals surface area contributed by atoms with E-state index in [1.165, 1.54) is 27.1 Å². The van der Waals surface area contributed by atoms with E-state index in [1.54, 1.807) is 11.3 Å². The molecule has 0 fully saturated rings. The van der Waals surface area contributed by atoms with Crippen molar-refractivity contribution in [3.8, 4) is 11.1 Å². The maximum Gasteiger partial charge on any atom is 0.0798 e. The first-order valence-electron chi connectivity index (χ1n) is 7.15. The molecule has 0 unspecified atom stereocenters. The van der Waals surface area contributed by atoms with Crippen LogP contribution in [0, 0.1) is 6.92 Å². The second-order valence-corrected chi connectivity index (χ2v) is 6.29. The van der Waals surface area contributed by atoms with Crippen molar-refractivity contribution < 1.29 is 0 Å². The van der Waals surface area contributed by atoms with Gasteiger partial charge in [-0.1, -0.05) is 48.5 Å². The van der Waals surface area contributed by atoms with Gasteiger partial charge in [0.2, 0.25) is 0 Å². The van der Waals surface area contributed by atoms with E-state index in [4.69, 9.17) is 0 Å². The lowest BCUT2D eigenvalue weighted by Crippen LogP contribution is -2.20. The van der Waals surface area contributed by atoms with Crippen molar-refractivity contribution in [3.63, 3.8) is 0 Å². The summed E-state index contributed by atoms with van der Waals surface area (Å²) >= 11 is 1.72. The van der Waals surface area contributed by atoms with Crippen LogP contribution in [0.1, 0.15) is 27.7 Å². The SMILES string of the molecule is Cc1ncsc1CNC1c2ccccc2-c2ccccc21. The van der Waals surface area contributed by atoms with Crippen LogP contribution in [0.25, 0.3) is 11.1 Å². The van der Waals surface area contributed by atoms with E-state index in [-0.39, 0.29) is 6.04 Å². The van der Waals surface area contributed by atoms with Gasteiger partial charge in [0.1, 0.15) is 0 Å². The summed E-state index contributed by atoms with van der Waals surface area (Å²) in [4.78, 5) is 5.65. The monoisotopic (exact) mass is 292 g/mol. The Bertz CT molecular complexity index is 746. The van der Waals surface area contributed by atoms with Gasteiger partial charge in [-0.05, 0) is 29.2 Å². The van der Waals surface area contributed by atoms with Crippen LogP contribution < -0.4 is 5.32 Å². The van der Waals surface area contributed by atoms with Crippen LogP contribution in [-0.4, -0.2) is 4.98 Å². The minimum absolute atomic E-state index is 0.277. The zero-order valence-electron chi connectivity index (χ0n) is 11.8. The Labute approximate surface area is 128 Å². The second kappa shape index (κ2) is 5.10. The summed E-state index contributed by atoms with van der Waals surface area (Å²) in [5.74, 6) is 0. The molecule has 1 aromatic heterocycles. The third kappa shape index (κ3) is 2.09. The number of rotatable bonds is 3. The Hall–Kier alpha value is -1.97. The van der Waals surface area contributed by atoms with Gasteiger partial charge in [0, 0.05) is 11.4 Å². The lowest BCUT2D eigenvalue weighted by atomic mass is 10.1. The highest BCUT2D eigenvalue weighted by atomic mass is 32.1. The summed E-state index contributed by atoms with van der Waals surface area (Å²) in [6.07, 6.45) is 0. The van der Waals surface area contributed by atoms with E-state index in [9.17, 15) is 0 Å². The van der Waals surface area contributed by atoms with Gasteiger partial charge in [-0.25, -0.2) is 4.98 Å². The molecule has 3 aromatic rings. The average molecular weight is 292 g/mol. The van der Waals surface area contributed by atoms with Crippen molar-refractivity contribution >= 4 is 11.3 Å². The van der Waals surface area contributed by atoms with Crippen molar-refractivity contribution in [1.29, 1.82) is 0 Å². The van der Waals surface area contributed by atoms with Gasteiger partial charge < -0.3 is 5.32 Å². The molecule has 0 radical (unpaired) electrons. The Kier molecular flexibility index (Phi) is 3.09. The fraction of sp³-hybridized carbons (Fsp3) is 0.167. The first-order valence-corrected chi connectivity index (χ1v) is 8.03. The minimum atomic E-state index is 0.277. The van der Waals surface area contributed by atoms with Crippen molar-refractivity contribution in [2.45, 2.75) is 19.5 Å². The number of thiazole rings is 1. The average Bonchev–Trinajstić information content (AvgIpc) is 3.07. The van der Waals surface area contributed by atoms with Gasteiger partial charge in [-0.15, -0.1) is 11.3 Å². The molecule has 104 valence electrons. The summed E-state index contributed by atoms with van der Waals surface area (Å²) in [6.45, 7) is 2.94. The zero-order valence-corrected chi connectivity index (χ0v) is 12.7. The number of nitrogens with zero attached hydrogens (tertiary/aromatic N) is 1. The van der Waals surface area contributed by atoms with Crippen molar-refractivity contribution in [1.82, 2.24) is 10.3 Å². The van der Waals surface area contributed by atoms with Crippen molar-refractivity contribution in [2.75, 3.05) is 0 Å². The molecule has 1 aliphatic carbocycles. The maximum atomic E-state index is 4.33. The smallest absolute Gasteiger partial charge is 0.0798 e. The molecule has 2 aromatic carbocycles. The third-order valence-corrected chi connectivity index (χ3v) is 5.08. The highest BCUT2D eigenvalue weighted by Gasteiger charge is 2.27. The fourth-order valence-electron chi connectivity index (χ4n) is 3.07. The van der Waals surface area contributed by atoms with Crippen LogP contribution in [-0.2, 0) is 6.54 Å². The van der Waals surface area contributed by atoms with Crippen LogP contribution >= 0.6 is 11.3 Å². The van der Waals surface area contributed by atoms with Crippen LogP contribution in [0.3, 0.4) is 0 Å². The number of fused-ring (bicyclic) bond motifs is 3. The molecule has 1 N–H and O–H groups in total. The van der Waals surface area contributed by atoms with Gasteiger partial charge in [0.25, 0.3) is 0 Å². The lowest BCUT2D eigenvalue weighted by Gasteiger charge is -2.15. The molecule has 1 aliphatic rings. The molecule has 0 aliphatic heterocycles. The Morgan fingerprint density at radius 2 is 1.62 bits per heavy atom. The number of hydrogen-bond donors (Lipinski definition) is 1. The molecule has 4 rings (SSSR count). The van der Waals surface area contributed by atoms with E-state index in [2.05, 4.69) is 65.8 Å². The van der Waals surface area contributed by atoms with Crippen LogP contribution in [0.5, 0.6) is 0 Å². The van der Waals surface area contributed by atoms with Gasteiger partial charge in [-0.2, -0.15) is 0 Å². The maximum absolute atomic E-state index is 4.33. The Morgan fingerprint density at radius 3 is 2.19 bits per heavy atom. The van der Waals surface area contributed by atoms with Gasteiger partial charge >= 0.3 is 0 Å². The van der Waals surface area contributed by atoms with E-state index >= 15 is 0 Å². The number of benzene rings is 2. The summed E-state index contributed by atoms with van der Waals surface area (Å²) in [5, 5.41) is 3.71. The van der Waals surface area contributed by atoms with Crippen LogP contribution in [0.15, 0.2) is 54.0 Å². The summed E-state index contributed by atoms with van der Waals surface area (Å²) in [5.41, 5.74) is 8.51. The summed E-state index contributed by atoms with van der Waals surface area (Å²) in [6, 6.07) is 17.6. The molecule has 0 amide bonds. The Balaban J connectivity index is 1.70. The van der Waals surface area contributed by atoms with E-state index in [0.29, 0.717) is 0 Å². The molecule has 1 heterocycles. The van der Waals surface area contributed by atoms with Gasteiger partial charge in [-0.3, -0.25) is 0 Å². The first kappa shape index (κ1) is 12.7. The largest absolute Gasteiger partial charge is 0.301 e.